The van der Waals surface area contributed by atoms with Crippen LogP contribution in [0.25, 0.3) is 22.3 Å². The van der Waals surface area contributed by atoms with Crippen LogP contribution < -0.4 is 16.0 Å². The van der Waals surface area contributed by atoms with E-state index >= 15 is 0 Å². The molecule has 192 valence electrons. The van der Waals surface area contributed by atoms with Crippen LogP contribution in [0.4, 0.5) is 11.6 Å². The SMILES string of the molecule is O=C(NCCNCCCN1CCOCC1)c1cc2cc(Nc3nccc(-c4ccccn4)n3)ccc2[nH]1. The minimum Gasteiger partial charge on any atom is -0.379 e. The van der Waals surface area contributed by atoms with Crippen LogP contribution in [0, 0.1) is 0 Å². The largest absolute Gasteiger partial charge is 0.379 e. The predicted molar refractivity (Wildman–Crippen MR) is 144 cm³/mol. The fourth-order valence-corrected chi connectivity index (χ4v) is 4.27. The quantitative estimate of drug-likeness (QED) is 0.232. The van der Waals surface area contributed by atoms with E-state index in [1.807, 2.05) is 48.5 Å². The summed E-state index contributed by atoms with van der Waals surface area (Å²) in [5.74, 6) is 0.362. The Kier molecular flexibility index (Phi) is 8.32. The lowest BCUT2D eigenvalue weighted by atomic mass is 10.2. The molecule has 0 radical (unpaired) electrons. The van der Waals surface area contributed by atoms with Gasteiger partial charge in [0.2, 0.25) is 5.95 Å². The van der Waals surface area contributed by atoms with Crippen molar-refractivity contribution in [1.29, 1.82) is 0 Å². The normalized spacial score (nSPS) is 14.1. The van der Waals surface area contributed by atoms with E-state index in [9.17, 15) is 4.79 Å². The second-order valence-corrected chi connectivity index (χ2v) is 8.90. The first kappa shape index (κ1) is 24.8. The molecule has 1 aromatic carbocycles. The van der Waals surface area contributed by atoms with Gasteiger partial charge in [-0.3, -0.25) is 14.7 Å². The predicted octanol–water partition coefficient (Wildman–Crippen LogP) is 2.81. The van der Waals surface area contributed by atoms with Crippen molar-refractivity contribution in [2.24, 2.45) is 0 Å². The molecule has 4 N–H and O–H groups in total. The number of morpholine rings is 1. The summed E-state index contributed by atoms with van der Waals surface area (Å²) in [5.41, 5.74) is 3.78. The molecule has 3 aromatic heterocycles. The molecule has 4 heterocycles. The lowest BCUT2D eigenvalue weighted by Gasteiger charge is -2.26. The number of nitrogens with zero attached hydrogens (tertiary/aromatic N) is 4. The number of pyridine rings is 1. The van der Waals surface area contributed by atoms with E-state index in [4.69, 9.17) is 4.74 Å². The summed E-state index contributed by atoms with van der Waals surface area (Å²) in [6, 6.07) is 15.2. The second-order valence-electron chi connectivity index (χ2n) is 8.90. The van der Waals surface area contributed by atoms with Gasteiger partial charge in [-0.15, -0.1) is 0 Å². The monoisotopic (exact) mass is 500 g/mol. The van der Waals surface area contributed by atoms with Gasteiger partial charge in [0.05, 0.1) is 24.6 Å². The van der Waals surface area contributed by atoms with Gasteiger partial charge in [-0.1, -0.05) is 6.07 Å². The van der Waals surface area contributed by atoms with Crippen molar-refractivity contribution in [1.82, 2.24) is 35.5 Å². The second kappa shape index (κ2) is 12.4. The standard InChI is InChI=1S/C27H32N8O2/c36-26(30-12-11-28-8-3-13-35-14-16-37-17-15-35)25-19-20-18-21(5-6-22(20)33-25)32-27-31-10-7-24(34-27)23-4-1-2-9-29-23/h1-2,4-7,9-10,18-19,28,33H,3,8,11-17H2,(H,30,36)(H,31,32,34). The van der Waals surface area contributed by atoms with Crippen molar-refractivity contribution in [3.63, 3.8) is 0 Å². The molecule has 1 aliphatic heterocycles. The average Bonchev–Trinajstić information content (AvgIpc) is 3.37. The summed E-state index contributed by atoms with van der Waals surface area (Å²) in [6.07, 6.45) is 4.53. The Balaban J connectivity index is 1.10. The Bertz CT molecular complexity index is 1300. The third-order valence-corrected chi connectivity index (χ3v) is 6.22. The Morgan fingerprint density at radius 1 is 0.973 bits per heavy atom. The number of benzene rings is 1. The Labute approximate surface area is 215 Å². The summed E-state index contributed by atoms with van der Waals surface area (Å²) >= 11 is 0. The molecule has 10 heteroatoms. The molecular weight excluding hydrogens is 468 g/mol. The molecular formula is C27H32N8O2. The maximum atomic E-state index is 12.6. The van der Waals surface area contributed by atoms with Gasteiger partial charge >= 0.3 is 0 Å². The van der Waals surface area contributed by atoms with Crippen molar-refractivity contribution < 1.29 is 9.53 Å². The van der Waals surface area contributed by atoms with Gasteiger partial charge in [-0.2, -0.15) is 0 Å². The maximum absolute atomic E-state index is 12.6. The molecule has 0 atom stereocenters. The van der Waals surface area contributed by atoms with Gasteiger partial charge in [-0.05, 0) is 62.0 Å². The van der Waals surface area contributed by atoms with Crippen LogP contribution in [0.1, 0.15) is 16.9 Å². The van der Waals surface area contributed by atoms with E-state index in [1.54, 1.807) is 12.4 Å². The summed E-state index contributed by atoms with van der Waals surface area (Å²) in [5, 5.41) is 10.5. The number of aromatic amines is 1. The number of hydrogen-bond acceptors (Lipinski definition) is 8. The first-order chi connectivity index (χ1) is 18.2. The highest BCUT2D eigenvalue weighted by Crippen LogP contribution is 2.23. The molecule has 0 bridgehead atoms. The molecule has 1 amide bonds. The van der Waals surface area contributed by atoms with E-state index in [1.165, 1.54) is 0 Å². The molecule has 0 spiro atoms. The van der Waals surface area contributed by atoms with Crippen LogP contribution in [0.15, 0.2) is 60.9 Å². The molecule has 5 rings (SSSR count). The summed E-state index contributed by atoms with van der Waals surface area (Å²) in [4.78, 5) is 31.5. The lowest BCUT2D eigenvalue weighted by molar-refractivity contribution is 0.0375. The molecule has 0 saturated carbocycles. The van der Waals surface area contributed by atoms with Gasteiger partial charge in [0.1, 0.15) is 5.69 Å². The fourth-order valence-electron chi connectivity index (χ4n) is 4.27. The minimum atomic E-state index is -0.118. The topological polar surface area (TPSA) is 120 Å². The Hall–Kier alpha value is -3.86. The molecule has 37 heavy (non-hydrogen) atoms. The first-order valence-electron chi connectivity index (χ1n) is 12.7. The number of aromatic nitrogens is 4. The third kappa shape index (κ3) is 6.88. The highest BCUT2D eigenvalue weighted by Gasteiger charge is 2.11. The van der Waals surface area contributed by atoms with E-state index in [0.29, 0.717) is 18.2 Å². The number of amides is 1. The van der Waals surface area contributed by atoms with Crippen molar-refractivity contribution in [2.45, 2.75) is 6.42 Å². The smallest absolute Gasteiger partial charge is 0.267 e. The van der Waals surface area contributed by atoms with E-state index in [-0.39, 0.29) is 5.91 Å². The van der Waals surface area contributed by atoms with Crippen LogP contribution in [-0.4, -0.2) is 83.2 Å². The number of nitrogens with one attached hydrogen (secondary N) is 4. The van der Waals surface area contributed by atoms with Gasteiger partial charge in [0.15, 0.2) is 0 Å². The van der Waals surface area contributed by atoms with E-state index in [0.717, 1.165) is 80.3 Å². The number of anilines is 2. The van der Waals surface area contributed by atoms with Crippen LogP contribution in [0.2, 0.25) is 0 Å². The van der Waals surface area contributed by atoms with E-state index in [2.05, 4.69) is 40.8 Å². The van der Waals surface area contributed by atoms with Gasteiger partial charge in [0, 0.05) is 55.2 Å². The zero-order valence-electron chi connectivity index (χ0n) is 20.7. The van der Waals surface area contributed by atoms with Crippen molar-refractivity contribution in [3.05, 3.63) is 66.6 Å². The van der Waals surface area contributed by atoms with Crippen molar-refractivity contribution in [3.8, 4) is 11.4 Å². The maximum Gasteiger partial charge on any atom is 0.267 e. The van der Waals surface area contributed by atoms with Crippen molar-refractivity contribution >= 4 is 28.4 Å². The third-order valence-electron chi connectivity index (χ3n) is 6.22. The van der Waals surface area contributed by atoms with Crippen molar-refractivity contribution in [2.75, 3.05) is 57.8 Å². The summed E-state index contributed by atoms with van der Waals surface area (Å²) in [7, 11) is 0. The average molecular weight is 501 g/mol. The van der Waals surface area contributed by atoms with Crippen LogP contribution >= 0.6 is 0 Å². The highest BCUT2D eigenvalue weighted by molar-refractivity contribution is 5.98. The zero-order chi connectivity index (χ0) is 25.3. The minimum absolute atomic E-state index is 0.118. The summed E-state index contributed by atoms with van der Waals surface area (Å²) < 4.78 is 5.37. The molecule has 10 nitrogen and oxygen atoms in total. The number of carbonyl (C=O) groups excluding carboxylic acids is 1. The number of H-pyrrole nitrogens is 1. The van der Waals surface area contributed by atoms with Crippen LogP contribution in [-0.2, 0) is 4.74 Å². The van der Waals surface area contributed by atoms with E-state index < -0.39 is 0 Å². The van der Waals surface area contributed by atoms with Crippen LogP contribution in [0.5, 0.6) is 0 Å². The van der Waals surface area contributed by atoms with Gasteiger partial charge in [0.25, 0.3) is 5.91 Å². The molecule has 1 aliphatic rings. The number of ether oxygens (including phenoxy) is 1. The van der Waals surface area contributed by atoms with Gasteiger partial charge < -0.3 is 25.7 Å². The summed E-state index contributed by atoms with van der Waals surface area (Å²) in [6.45, 7) is 7.03. The van der Waals surface area contributed by atoms with Crippen LogP contribution in [0.3, 0.4) is 0 Å². The number of carbonyl (C=O) groups is 1. The Morgan fingerprint density at radius 2 is 1.89 bits per heavy atom. The number of fused-ring (bicyclic) bond motifs is 1. The molecule has 4 aromatic rings. The highest BCUT2D eigenvalue weighted by atomic mass is 16.5. The number of hydrogen-bond donors (Lipinski definition) is 4. The van der Waals surface area contributed by atoms with Gasteiger partial charge in [-0.25, -0.2) is 9.97 Å². The lowest BCUT2D eigenvalue weighted by Crippen LogP contribution is -2.38. The Morgan fingerprint density at radius 3 is 2.76 bits per heavy atom. The number of rotatable bonds is 11. The first-order valence-corrected chi connectivity index (χ1v) is 12.7. The molecule has 1 saturated heterocycles. The zero-order valence-corrected chi connectivity index (χ0v) is 20.7. The molecule has 0 aliphatic carbocycles. The fraction of sp³-hybridized carbons (Fsp3) is 0.333. The molecule has 1 fully saturated rings. The molecule has 0 unspecified atom stereocenters.